The van der Waals surface area contributed by atoms with Crippen LogP contribution in [0.1, 0.15) is 40.9 Å². The van der Waals surface area contributed by atoms with Crippen molar-refractivity contribution in [1.29, 1.82) is 0 Å². The highest BCUT2D eigenvalue weighted by atomic mass is 32.1. The van der Waals surface area contributed by atoms with E-state index in [0.717, 1.165) is 31.2 Å². The summed E-state index contributed by atoms with van der Waals surface area (Å²) in [5, 5.41) is 20.7. The Morgan fingerprint density at radius 3 is 2.67 bits per heavy atom. The lowest BCUT2D eigenvalue weighted by Crippen LogP contribution is -2.44. The highest BCUT2D eigenvalue weighted by molar-refractivity contribution is 7.12. The van der Waals surface area contributed by atoms with Crippen LogP contribution >= 0.6 is 11.3 Å². The monoisotopic (exact) mass is 267 g/mol. The summed E-state index contributed by atoms with van der Waals surface area (Å²) >= 11 is 1.29. The van der Waals surface area contributed by atoms with Gasteiger partial charge in [-0.15, -0.1) is 11.3 Å². The molecule has 3 heterocycles. The quantitative estimate of drug-likeness (QED) is 0.878. The van der Waals surface area contributed by atoms with Gasteiger partial charge in [-0.3, -0.25) is 4.90 Å². The van der Waals surface area contributed by atoms with Gasteiger partial charge >= 0.3 is 5.97 Å². The molecule has 18 heavy (non-hydrogen) atoms. The maximum absolute atomic E-state index is 11.1. The Morgan fingerprint density at radius 1 is 1.39 bits per heavy atom. The van der Waals surface area contributed by atoms with Crippen molar-refractivity contribution in [2.24, 2.45) is 0 Å². The number of piperidine rings is 1. The number of aliphatic hydroxyl groups is 1. The molecule has 1 aromatic rings. The first-order valence-corrected chi connectivity index (χ1v) is 7.26. The number of carboxylic acids is 1. The van der Waals surface area contributed by atoms with E-state index in [1.54, 1.807) is 0 Å². The number of fused-ring (bicyclic) bond motifs is 2. The highest BCUT2D eigenvalue weighted by Crippen LogP contribution is 2.37. The molecule has 98 valence electrons. The lowest BCUT2D eigenvalue weighted by atomic mass is 9.99. The van der Waals surface area contributed by atoms with Gasteiger partial charge in [0.1, 0.15) is 4.88 Å². The molecule has 0 spiro atoms. The Hall–Kier alpha value is -0.910. The Labute approximate surface area is 110 Å². The SMILES string of the molecule is O=C(O)c1sccc1CN1C2CCC1CC(O)C2. The second kappa shape index (κ2) is 4.64. The first kappa shape index (κ1) is 12.1. The van der Waals surface area contributed by atoms with Crippen molar-refractivity contribution < 1.29 is 15.0 Å². The van der Waals surface area contributed by atoms with Crippen LogP contribution in [0.4, 0.5) is 0 Å². The van der Waals surface area contributed by atoms with Crippen LogP contribution in [0.3, 0.4) is 0 Å². The third-order valence-corrected chi connectivity index (χ3v) is 5.10. The summed E-state index contributed by atoms with van der Waals surface area (Å²) in [6.45, 7) is 0.715. The van der Waals surface area contributed by atoms with Gasteiger partial charge < -0.3 is 10.2 Å². The molecule has 2 saturated heterocycles. The Bertz CT molecular complexity index is 445. The Morgan fingerprint density at radius 2 is 2.06 bits per heavy atom. The number of aliphatic hydroxyl groups excluding tert-OH is 1. The average molecular weight is 267 g/mol. The van der Waals surface area contributed by atoms with Gasteiger partial charge in [0, 0.05) is 18.6 Å². The van der Waals surface area contributed by atoms with Crippen LogP contribution in [-0.2, 0) is 6.54 Å². The smallest absolute Gasteiger partial charge is 0.346 e. The second-order valence-electron chi connectivity index (χ2n) is 5.26. The molecule has 0 amide bonds. The fourth-order valence-corrected chi connectivity index (χ4v) is 4.10. The summed E-state index contributed by atoms with van der Waals surface area (Å²) < 4.78 is 0. The summed E-state index contributed by atoms with van der Waals surface area (Å²) in [6, 6.07) is 2.78. The zero-order valence-electron chi connectivity index (χ0n) is 10.1. The molecule has 2 fully saturated rings. The van der Waals surface area contributed by atoms with E-state index in [9.17, 15) is 9.90 Å². The molecule has 3 rings (SSSR count). The molecule has 0 saturated carbocycles. The number of hydrogen-bond donors (Lipinski definition) is 2. The van der Waals surface area contributed by atoms with Crippen molar-refractivity contribution in [3.8, 4) is 0 Å². The van der Waals surface area contributed by atoms with Crippen LogP contribution in [-0.4, -0.2) is 39.3 Å². The van der Waals surface area contributed by atoms with Crippen LogP contribution in [0.2, 0.25) is 0 Å². The minimum Gasteiger partial charge on any atom is -0.477 e. The van der Waals surface area contributed by atoms with Crippen LogP contribution < -0.4 is 0 Å². The maximum atomic E-state index is 11.1. The number of rotatable bonds is 3. The number of carboxylic acid groups (broad SMARTS) is 1. The third kappa shape index (κ3) is 2.06. The van der Waals surface area contributed by atoms with Gasteiger partial charge in [-0.2, -0.15) is 0 Å². The molecule has 0 aliphatic carbocycles. The molecule has 4 nitrogen and oxygen atoms in total. The summed E-state index contributed by atoms with van der Waals surface area (Å²) in [5.41, 5.74) is 0.917. The predicted octanol–water partition coefficient (Wildman–Crippen LogP) is 1.93. The molecule has 2 atom stereocenters. The molecule has 0 aromatic carbocycles. The van der Waals surface area contributed by atoms with E-state index in [2.05, 4.69) is 4.90 Å². The molecular weight excluding hydrogens is 250 g/mol. The number of aromatic carboxylic acids is 1. The van der Waals surface area contributed by atoms with Gasteiger partial charge in [-0.1, -0.05) is 0 Å². The maximum Gasteiger partial charge on any atom is 0.346 e. The number of hydrogen-bond acceptors (Lipinski definition) is 4. The van der Waals surface area contributed by atoms with Crippen molar-refractivity contribution in [1.82, 2.24) is 4.90 Å². The van der Waals surface area contributed by atoms with E-state index in [0.29, 0.717) is 23.5 Å². The van der Waals surface area contributed by atoms with E-state index in [1.807, 2.05) is 11.4 Å². The van der Waals surface area contributed by atoms with Gasteiger partial charge in [0.2, 0.25) is 0 Å². The molecule has 2 aliphatic rings. The van der Waals surface area contributed by atoms with Gasteiger partial charge in [0.05, 0.1) is 6.10 Å². The molecular formula is C13H17NO3S. The van der Waals surface area contributed by atoms with Crippen molar-refractivity contribution in [2.45, 2.75) is 50.4 Å². The summed E-state index contributed by atoms with van der Waals surface area (Å²) in [4.78, 5) is 14.0. The molecule has 2 bridgehead atoms. The Balaban J connectivity index is 1.77. The van der Waals surface area contributed by atoms with E-state index in [1.165, 1.54) is 11.3 Å². The van der Waals surface area contributed by atoms with Crippen molar-refractivity contribution in [3.63, 3.8) is 0 Å². The largest absolute Gasteiger partial charge is 0.477 e. The topological polar surface area (TPSA) is 60.8 Å². The number of nitrogens with zero attached hydrogens (tertiary/aromatic N) is 1. The molecule has 0 radical (unpaired) electrons. The van der Waals surface area contributed by atoms with E-state index in [-0.39, 0.29) is 6.10 Å². The third-order valence-electron chi connectivity index (χ3n) is 4.15. The predicted molar refractivity (Wildman–Crippen MR) is 68.9 cm³/mol. The zero-order chi connectivity index (χ0) is 12.7. The first-order chi connectivity index (χ1) is 8.65. The van der Waals surface area contributed by atoms with Crippen molar-refractivity contribution in [3.05, 3.63) is 21.9 Å². The van der Waals surface area contributed by atoms with Gasteiger partial charge in [0.25, 0.3) is 0 Å². The molecule has 2 aliphatic heterocycles. The van der Waals surface area contributed by atoms with Crippen LogP contribution in [0.5, 0.6) is 0 Å². The van der Waals surface area contributed by atoms with Crippen LogP contribution in [0, 0.1) is 0 Å². The highest BCUT2D eigenvalue weighted by Gasteiger charge is 2.40. The minimum atomic E-state index is -0.829. The fraction of sp³-hybridized carbons (Fsp3) is 0.615. The van der Waals surface area contributed by atoms with E-state index >= 15 is 0 Å². The lowest BCUT2D eigenvalue weighted by molar-refractivity contribution is 0.0307. The van der Waals surface area contributed by atoms with E-state index < -0.39 is 5.97 Å². The normalized spacial score (nSPS) is 31.7. The molecule has 1 aromatic heterocycles. The molecule has 2 N–H and O–H groups in total. The average Bonchev–Trinajstić information content (AvgIpc) is 2.85. The van der Waals surface area contributed by atoms with Crippen molar-refractivity contribution in [2.75, 3.05) is 0 Å². The Kier molecular flexibility index (Phi) is 3.13. The number of thiophene rings is 1. The summed E-state index contributed by atoms with van der Waals surface area (Å²) in [6.07, 6.45) is 3.77. The van der Waals surface area contributed by atoms with Crippen LogP contribution in [0.15, 0.2) is 11.4 Å². The van der Waals surface area contributed by atoms with Gasteiger partial charge in [-0.05, 0) is 42.7 Å². The van der Waals surface area contributed by atoms with Gasteiger partial charge in [-0.25, -0.2) is 4.79 Å². The van der Waals surface area contributed by atoms with Crippen LogP contribution in [0.25, 0.3) is 0 Å². The summed E-state index contributed by atoms with van der Waals surface area (Å²) in [7, 11) is 0. The molecule has 5 heteroatoms. The molecule has 2 unspecified atom stereocenters. The minimum absolute atomic E-state index is 0.167. The van der Waals surface area contributed by atoms with Crippen molar-refractivity contribution >= 4 is 17.3 Å². The second-order valence-corrected chi connectivity index (χ2v) is 6.18. The lowest BCUT2D eigenvalue weighted by Gasteiger charge is -2.37. The van der Waals surface area contributed by atoms with Gasteiger partial charge in [0.15, 0.2) is 0 Å². The standard InChI is InChI=1S/C13H17NO3S/c15-11-5-9-1-2-10(6-11)14(9)7-8-3-4-18-12(8)13(16)17/h3-4,9-11,15H,1-2,5-7H2,(H,16,17). The summed E-state index contributed by atoms with van der Waals surface area (Å²) in [5.74, 6) is -0.829. The van der Waals surface area contributed by atoms with E-state index in [4.69, 9.17) is 5.11 Å². The zero-order valence-corrected chi connectivity index (χ0v) is 10.9. The first-order valence-electron chi connectivity index (χ1n) is 6.38. The number of carbonyl (C=O) groups is 1. The fourth-order valence-electron chi connectivity index (χ4n) is 3.35.